The molecule has 0 aromatic carbocycles. The first-order valence-corrected chi connectivity index (χ1v) is 4.62. The largest absolute Gasteiger partial charge is 0.391 e. The minimum absolute atomic E-state index is 0.0488. The first-order valence-electron chi connectivity index (χ1n) is 4.62. The second-order valence-electron chi connectivity index (χ2n) is 4.63. The lowest BCUT2D eigenvalue weighted by Gasteiger charge is -2.21. The van der Waals surface area contributed by atoms with Crippen molar-refractivity contribution in [1.82, 2.24) is 0 Å². The molecule has 12 heavy (non-hydrogen) atoms. The number of ether oxygens (including phenoxy) is 1. The first-order chi connectivity index (χ1) is 5.33. The van der Waals surface area contributed by atoms with Gasteiger partial charge in [-0.05, 0) is 25.7 Å². The summed E-state index contributed by atoms with van der Waals surface area (Å²) < 4.78 is 5.43. The summed E-state index contributed by atoms with van der Waals surface area (Å²) in [6.45, 7) is 10.9. The van der Waals surface area contributed by atoms with E-state index in [0.717, 1.165) is 13.0 Å². The third-order valence-electron chi connectivity index (χ3n) is 1.91. The highest BCUT2D eigenvalue weighted by Crippen LogP contribution is 2.18. The quantitative estimate of drug-likeness (QED) is 0.708. The average molecular weight is 174 g/mol. The highest BCUT2D eigenvalue weighted by atomic mass is 16.5. The second-order valence-corrected chi connectivity index (χ2v) is 4.63. The lowest BCUT2D eigenvalue weighted by atomic mass is 9.93. The fourth-order valence-electron chi connectivity index (χ4n) is 0.690. The van der Waals surface area contributed by atoms with Gasteiger partial charge in [0, 0.05) is 6.61 Å². The van der Waals surface area contributed by atoms with Crippen LogP contribution in [0, 0.1) is 5.41 Å². The fourth-order valence-corrected chi connectivity index (χ4v) is 0.690. The van der Waals surface area contributed by atoms with Crippen LogP contribution < -0.4 is 0 Å². The smallest absolute Gasteiger partial charge is 0.0803 e. The van der Waals surface area contributed by atoms with Crippen LogP contribution in [-0.2, 0) is 4.74 Å². The van der Waals surface area contributed by atoms with Gasteiger partial charge in [0.2, 0.25) is 0 Å². The summed E-state index contributed by atoms with van der Waals surface area (Å²) in [5, 5.41) is 9.13. The molecule has 0 fully saturated rings. The van der Waals surface area contributed by atoms with Crippen LogP contribution in [0.1, 0.15) is 41.0 Å². The molecule has 1 N–H and O–H groups in total. The van der Waals surface area contributed by atoms with Gasteiger partial charge in [0.1, 0.15) is 0 Å². The van der Waals surface area contributed by atoms with Crippen molar-refractivity contribution in [3.8, 4) is 0 Å². The van der Waals surface area contributed by atoms with Crippen LogP contribution in [-0.4, -0.2) is 23.9 Å². The maximum Gasteiger partial charge on any atom is 0.0803 e. The Morgan fingerprint density at radius 1 is 1.25 bits per heavy atom. The van der Waals surface area contributed by atoms with Crippen molar-refractivity contribution >= 4 is 0 Å². The average Bonchev–Trinajstić information content (AvgIpc) is 1.84. The van der Waals surface area contributed by atoms with E-state index in [1.165, 1.54) is 0 Å². The van der Waals surface area contributed by atoms with Crippen LogP contribution in [0.25, 0.3) is 0 Å². The van der Waals surface area contributed by atoms with Crippen molar-refractivity contribution in [2.24, 2.45) is 5.41 Å². The molecule has 0 aliphatic rings. The number of rotatable bonds is 4. The molecule has 1 unspecified atom stereocenters. The molecule has 0 radical (unpaired) electrons. The topological polar surface area (TPSA) is 29.5 Å². The Bertz CT molecular complexity index is 113. The minimum Gasteiger partial charge on any atom is -0.391 e. The number of hydrogen-bond donors (Lipinski definition) is 1. The van der Waals surface area contributed by atoms with Crippen molar-refractivity contribution < 1.29 is 9.84 Å². The molecule has 2 heteroatoms. The Balaban J connectivity index is 3.44. The van der Waals surface area contributed by atoms with Crippen LogP contribution >= 0.6 is 0 Å². The zero-order chi connectivity index (χ0) is 9.78. The van der Waals surface area contributed by atoms with E-state index in [0.29, 0.717) is 5.41 Å². The van der Waals surface area contributed by atoms with Gasteiger partial charge >= 0.3 is 0 Å². The molecule has 2 atom stereocenters. The molecule has 0 bridgehead atoms. The van der Waals surface area contributed by atoms with Gasteiger partial charge in [-0.2, -0.15) is 0 Å². The van der Waals surface area contributed by atoms with Crippen LogP contribution in [0.3, 0.4) is 0 Å². The van der Waals surface area contributed by atoms with Gasteiger partial charge in [-0.25, -0.2) is 0 Å². The van der Waals surface area contributed by atoms with E-state index in [4.69, 9.17) is 9.84 Å². The van der Waals surface area contributed by atoms with E-state index in [1.54, 1.807) is 6.92 Å². The number of aliphatic hydroxyl groups is 1. The molecule has 0 aromatic rings. The summed E-state index contributed by atoms with van der Waals surface area (Å²) >= 11 is 0. The lowest BCUT2D eigenvalue weighted by Crippen LogP contribution is -2.24. The van der Waals surface area contributed by atoms with Gasteiger partial charge in [-0.3, -0.25) is 0 Å². The summed E-state index contributed by atoms with van der Waals surface area (Å²) in [6.07, 6.45) is 0.613. The summed E-state index contributed by atoms with van der Waals surface area (Å²) in [5.41, 5.74) is 0.318. The van der Waals surface area contributed by atoms with E-state index in [2.05, 4.69) is 20.8 Å². The normalized spacial score (nSPS) is 17.5. The van der Waals surface area contributed by atoms with Gasteiger partial charge < -0.3 is 9.84 Å². The summed E-state index contributed by atoms with van der Waals surface area (Å²) in [4.78, 5) is 0. The van der Waals surface area contributed by atoms with Gasteiger partial charge in [-0.1, -0.05) is 20.8 Å². The van der Waals surface area contributed by atoms with Crippen LogP contribution in [0.2, 0.25) is 0 Å². The Labute approximate surface area is 75.9 Å². The number of aliphatic hydroxyl groups excluding tert-OH is 1. The minimum atomic E-state index is -0.370. The maximum absolute atomic E-state index is 9.13. The van der Waals surface area contributed by atoms with Crippen LogP contribution in [0.15, 0.2) is 0 Å². The van der Waals surface area contributed by atoms with E-state index >= 15 is 0 Å². The third kappa shape index (κ3) is 6.62. The molecular formula is C10H22O2. The predicted octanol–water partition coefficient (Wildman–Crippen LogP) is 2.21. The van der Waals surface area contributed by atoms with E-state index in [9.17, 15) is 0 Å². The molecule has 2 nitrogen and oxygen atoms in total. The van der Waals surface area contributed by atoms with Gasteiger partial charge in [0.15, 0.2) is 0 Å². The molecule has 0 aromatic heterocycles. The van der Waals surface area contributed by atoms with Crippen molar-refractivity contribution in [1.29, 1.82) is 0 Å². The summed E-state index contributed by atoms with van der Waals surface area (Å²) in [7, 11) is 0. The fraction of sp³-hybridized carbons (Fsp3) is 1.00. The Morgan fingerprint density at radius 3 is 2.08 bits per heavy atom. The van der Waals surface area contributed by atoms with Gasteiger partial charge in [0.05, 0.1) is 12.2 Å². The summed E-state index contributed by atoms with van der Waals surface area (Å²) in [6, 6.07) is 0. The van der Waals surface area contributed by atoms with Gasteiger partial charge in [-0.15, -0.1) is 0 Å². The molecule has 0 saturated heterocycles. The second kappa shape index (κ2) is 4.83. The third-order valence-corrected chi connectivity index (χ3v) is 1.91. The Kier molecular flexibility index (Phi) is 4.80. The lowest BCUT2D eigenvalue weighted by molar-refractivity contribution is -0.0257. The van der Waals surface area contributed by atoms with Gasteiger partial charge in [0.25, 0.3) is 0 Å². The SMILES string of the molecule is CC(OCCC(C)(C)C)[C@H](C)O. The van der Waals surface area contributed by atoms with E-state index in [-0.39, 0.29) is 12.2 Å². The highest BCUT2D eigenvalue weighted by molar-refractivity contribution is 4.62. The zero-order valence-corrected chi connectivity index (χ0v) is 8.92. The monoisotopic (exact) mass is 174 g/mol. The first kappa shape index (κ1) is 11.9. The highest BCUT2D eigenvalue weighted by Gasteiger charge is 2.13. The standard InChI is InChI=1S/C10H22O2/c1-8(11)9(2)12-7-6-10(3,4)5/h8-9,11H,6-7H2,1-5H3/t8-,9?/m0/s1. The Hall–Kier alpha value is -0.0800. The Morgan fingerprint density at radius 2 is 1.75 bits per heavy atom. The van der Waals surface area contributed by atoms with Crippen LogP contribution in [0.5, 0.6) is 0 Å². The molecular weight excluding hydrogens is 152 g/mol. The molecule has 0 spiro atoms. The summed E-state index contributed by atoms with van der Waals surface area (Å²) in [5.74, 6) is 0. The molecule has 0 aliphatic carbocycles. The molecule has 0 saturated carbocycles. The molecule has 0 rings (SSSR count). The molecule has 0 amide bonds. The van der Waals surface area contributed by atoms with E-state index in [1.807, 2.05) is 6.92 Å². The van der Waals surface area contributed by atoms with Crippen molar-refractivity contribution in [3.63, 3.8) is 0 Å². The van der Waals surface area contributed by atoms with Crippen molar-refractivity contribution in [3.05, 3.63) is 0 Å². The van der Waals surface area contributed by atoms with E-state index < -0.39 is 0 Å². The number of hydrogen-bond acceptors (Lipinski definition) is 2. The molecule has 74 valence electrons. The van der Waals surface area contributed by atoms with Crippen molar-refractivity contribution in [2.45, 2.75) is 53.2 Å². The zero-order valence-electron chi connectivity index (χ0n) is 8.92. The van der Waals surface area contributed by atoms with Crippen molar-refractivity contribution in [2.75, 3.05) is 6.61 Å². The van der Waals surface area contributed by atoms with Crippen LogP contribution in [0.4, 0.5) is 0 Å². The molecule has 0 heterocycles. The predicted molar refractivity (Wildman–Crippen MR) is 51.2 cm³/mol. The molecule has 0 aliphatic heterocycles. The maximum atomic E-state index is 9.13.